The minimum Gasteiger partial charge on any atom is -0.399 e. The third kappa shape index (κ3) is 7.45. The summed E-state index contributed by atoms with van der Waals surface area (Å²) in [5.41, 5.74) is 6.94. The summed E-state index contributed by atoms with van der Waals surface area (Å²) >= 11 is 0. The van der Waals surface area contributed by atoms with E-state index in [1.165, 1.54) is 0 Å². The molecule has 0 aliphatic heterocycles. The van der Waals surface area contributed by atoms with Crippen LogP contribution in [0.15, 0.2) is 24.3 Å². The predicted molar refractivity (Wildman–Crippen MR) is 88.5 cm³/mol. The molecular formula is C15H27N3O2S. The van der Waals surface area contributed by atoms with Crippen LogP contribution in [0.25, 0.3) is 0 Å². The molecule has 0 radical (unpaired) electrons. The smallest absolute Gasteiger partial charge is 0.215 e. The number of rotatable bonds is 9. The highest BCUT2D eigenvalue weighted by atomic mass is 32.2. The SMILES string of the molecule is CC(C)N(C)CCCCNS(=O)(=O)Cc1cccc(N)c1. The van der Waals surface area contributed by atoms with Crippen LogP contribution in [0.2, 0.25) is 0 Å². The normalized spacial score (nSPS) is 12.2. The third-order valence-electron chi connectivity index (χ3n) is 3.45. The van der Waals surface area contributed by atoms with Gasteiger partial charge in [-0.2, -0.15) is 0 Å². The second kappa shape index (κ2) is 8.36. The zero-order valence-electron chi connectivity index (χ0n) is 13.2. The number of benzene rings is 1. The number of nitrogens with one attached hydrogen (secondary N) is 1. The lowest BCUT2D eigenvalue weighted by molar-refractivity contribution is 0.268. The van der Waals surface area contributed by atoms with E-state index in [4.69, 9.17) is 5.73 Å². The standard InChI is InChI=1S/C15H27N3O2S/c1-13(2)18(3)10-5-4-9-17-21(19,20)12-14-7-6-8-15(16)11-14/h6-8,11,13,17H,4-5,9-10,12,16H2,1-3H3. The number of nitrogens with zero attached hydrogens (tertiary/aromatic N) is 1. The Hall–Kier alpha value is -1.11. The summed E-state index contributed by atoms with van der Waals surface area (Å²) in [6, 6.07) is 7.49. The van der Waals surface area contributed by atoms with Crippen molar-refractivity contribution in [3.05, 3.63) is 29.8 Å². The van der Waals surface area contributed by atoms with Gasteiger partial charge in [0.15, 0.2) is 0 Å². The van der Waals surface area contributed by atoms with E-state index in [1.807, 2.05) is 0 Å². The van der Waals surface area contributed by atoms with Crippen molar-refractivity contribution in [2.24, 2.45) is 0 Å². The Bertz CT molecular complexity index is 529. The maximum atomic E-state index is 12.0. The van der Waals surface area contributed by atoms with Gasteiger partial charge in [0.05, 0.1) is 5.75 Å². The van der Waals surface area contributed by atoms with Crippen LogP contribution >= 0.6 is 0 Å². The van der Waals surface area contributed by atoms with Gasteiger partial charge in [0.25, 0.3) is 0 Å². The lowest BCUT2D eigenvalue weighted by Gasteiger charge is -2.20. The van der Waals surface area contributed by atoms with E-state index in [9.17, 15) is 8.42 Å². The lowest BCUT2D eigenvalue weighted by Crippen LogP contribution is -2.29. The predicted octanol–water partition coefficient (Wildman–Crippen LogP) is 1.81. The lowest BCUT2D eigenvalue weighted by atomic mass is 10.2. The Morgan fingerprint density at radius 3 is 2.62 bits per heavy atom. The van der Waals surface area contributed by atoms with E-state index in [2.05, 4.69) is 30.5 Å². The highest BCUT2D eigenvalue weighted by Gasteiger charge is 2.11. The molecule has 0 aliphatic rings. The van der Waals surface area contributed by atoms with Crippen molar-refractivity contribution in [1.82, 2.24) is 9.62 Å². The minimum atomic E-state index is -3.29. The summed E-state index contributed by atoms with van der Waals surface area (Å²) in [6.07, 6.45) is 1.82. The average Bonchev–Trinajstić information content (AvgIpc) is 2.37. The van der Waals surface area contributed by atoms with Crippen LogP contribution in [-0.4, -0.2) is 39.5 Å². The molecule has 0 amide bonds. The Kier molecular flexibility index (Phi) is 7.14. The van der Waals surface area contributed by atoms with Crippen LogP contribution in [0.1, 0.15) is 32.3 Å². The fraction of sp³-hybridized carbons (Fsp3) is 0.600. The number of unbranched alkanes of at least 4 members (excludes halogenated alkanes) is 1. The minimum absolute atomic E-state index is 0.0239. The fourth-order valence-corrected chi connectivity index (χ4v) is 3.10. The van der Waals surface area contributed by atoms with Crippen LogP contribution in [0.3, 0.4) is 0 Å². The van der Waals surface area contributed by atoms with Crippen molar-refractivity contribution >= 4 is 15.7 Å². The monoisotopic (exact) mass is 313 g/mol. The molecule has 0 saturated heterocycles. The molecule has 6 heteroatoms. The van der Waals surface area contributed by atoms with Gasteiger partial charge in [-0.15, -0.1) is 0 Å². The molecule has 0 atom stereocenters. The van der Waals surface area contributed by atoms with Crippen molar-refractivity contribution < 1.29 is 8.42 Å². The molecule has 5 nitrogen and oxygen atoms in total. The van der Waals surface area contributed by atoms with Crippen molar-refractivity contribution in [1.29, 1.82) is 0 Å². The topological polar surface area (TPSA) is 75.4 Å². The molecular weight excluding hydrogens is 286 g/mol. The Labute approximate surface area is 128 Å². The maximum absolute atomic E-state index is 12.0. The van der Waals surface area contributed by atoms with Crippen molar-refractivity contribution in [2.75, 3.05) is 25.9 Å². The van der Waals surface area contributed by atoms with Gasteiger partial charge >= 0.3 is 0 Å². The molecule has 0 bridgehead atoms. The molecule has 0 fully saturated rings. The van der Waals surface area contributed by atoms with E-state index >= 15 is 0 Å². The summed E-state index contributed by atoms with van der Waals surface area (Å²) < 4.78 is 26.6. The average molecular weight is 313 g/mol. The van der Waals surface area contributed by atoms with Gasteiger partial charge in [0.1, 0.15) is 0 Å². The number of nitrogens with two attached hydrogens (primary N) is 1. The van der Waals surface area contributed by atoms with Gasteiger partial charge in [-0.05, 0) is 58.0 Å². The van der Waals surface area contributed by atoms with Crippen molar-refractivity contribution in [2.45, 2.75) is 38.5 Å². The summed E-state index contributed by atoms with van der Waals surface area (Å²) in [5, 5.41) is 0. The highest BCUT2D eigenvalue weighted by Crippen LogP contribution is 2.09. The van der Waals surface area contributed by atoms with Gasteiger partial charge in [-0.1, -0.05) is 12.1 Å². The Morgan fingerprint density at radius 1 is 1.29 bits per heavy atom. The van der Waals surface area contributed by atoms with Crippen LogP contribution in [-0.2, 0) is 15.8 Å². The number of hydrogen-bond acceptors (Lipinski definition) is 4. The summed E-state index contributed by atoms with van der Waals surface area (Å²) in [6.45, 7) is 5.76. The van der Waals surface area contributed by atoms with Crippen LogP contribution in [0.4, 0.5) is 5.69 Å². The van der Waals surface area contributed by atoms with Crippen molar-refractivity contribution in [3.63, 3.8) is 0 Å². The third-order valence-corrected chi connectivity index (χ3v) is 4.81. The second-order valence-corrected chi connectivity index (χ2v) is 7.49. The first-order chi connectivity index (χ1) is 9.80. The number of sulfonamides is 1. The Balaban J connectivity index is 2.30. The maximum Gasteiger partial charge on any atom is 0.215 e. The van der Waals surface area contributed by atoms with E-state index in [0.29, 0.717) is 23.8 Å². The highest BCUT2D eigenvalue weighted by molar-refractivity contribution is 7.88. The molecule has 3 N–H and O–H groups in total. The molecule has 0 heterocycles. The van der Waals surface area contributed by atoms with Gasteiger partial charge in [-0.25, -0.2) is 13.1 Å². The van der Waals surface area contributed by atoms with E-state index in [1.54, 1.807) is 24.3 Å². The molecule has 1 aromatic carbocycles. The molecule has 0 spiro atoms. The van der Waals surface area contributed by atoms with E-state index in [0.717, 1.165) is 19.4 Å². The van der Waals surface area contributed by atoms with Crippen molar-refractivity contribution in [3.8, 4) is 0 Å². The Morgan fingerprint density at radius 2 is 2.00 bits per heavy atom. The molecule has 0 saturated carbocycles. The van der Waals surface area contributed by atoms with Gasteiger partial charge in [0, 0.05) is 18.3 Å². The zero-order chi connectivity index (χ0) is 15.9. The number of anilines is 1. The first-order valence-electron chi connectivity index (χ1n) is 7.32. The van der Waals surface area contributed by atoms with Crippen LogP contribution in [0, 0.1) is 0 Å². The fourth-order valence-electron chi connectivity index (χ4n) is 1.93. The number of nitrogen functional groups attached to an aromatic ring is 1. The van der Waals surface area contributed by atoms with E-state index < -0.39 is 10.0 Å². The largest absolute Gasteiger partial charge is 0.399 e. The summed E-state index contributed by atoms with van der Waals surface area (Å²) in [7, 11) is -1.21. The molecule has 0 unspecified atom stereocenters. The second-order valence-electron chi connectivity index (χ2n) is 5.68. The van der Waals surface area contributed by atoms with Gasteiger partial charge in [0.2, 0.25) is 10.0 Å². The summed E-state index contributed by atoms with van der Waals surface area (Å²) in [5.74, 6) is -0.0239. The first kappa shape index (κ1) is 17.9. The molecule has 1 rings (SSSR count). The molecule has 21 heavy (non-hydrogen) atoms. The first-order valence-corrected chi connectivity index (χ1v) is 8.97. The molecule has 1 aromatic rings. The molecule has 0 aromatic heterocycles. The van der Waals surface area contributed by atoms with Gasteiger partial charge in [-0.3, -0.25) is 0 Å². The number of hydrogen-bond donors (Lipinski definition) is 2. The molecule has 120 valence electrons. The quantitative estimate of drug-likeness (QED) is 0.538. The molecule has 0 aliphatic carbocycles. The van der Waals surface area contributed by atoms with Crippen LogP contribution in [0.5, 0.6) is 0 Å². The van der Waals surface area contributed by atoms with Gasteiger partial charge < -0.3 is 10.6 Å². The summed E-state index contributed by atoms with van der Waals surface area (Å²) in [4.78, 5) is 2.25. The zero-order valence-corrected chi connectivity index (χ0v) is 14.0. The van der Waals surface area contributed by atoms with Crippen LogP contribution < -0.4 is 10.5 Å². The van der Waals surface area contributed by atoms with E-state index in [-0.39, 0.29) is 5.75 Å².